The number of ether oxygens (including phenoxy) is 2. The van der Waals surface area contributed by atoms with Gasteiger partial charge in [0.2, 0.25) is 6.04 Å². The number of aliphatic imine (C=N–C) groups is 1. The molecule has 2 rings (SSSR count). The van der Waals surface area contributed by atoms with Gasteiger partial charge in [0.1, 0.15) is 5.75 Å². The molecule has 0 amide bonds. The van der Waals surface area contributed by atoms with Crippen LogP contribution >= 0.6 is 11.6 Å². The van der Waals surface area contributed by atoms with Crippen molar-refractivity contribution in [3.8, 4) is 5.75 Å². The summed E-state index contributed by atoms with van der Waals surface area (Å²) in [4.78, 5) is 40.0. The van der Waals surface area contributed by atoms with Crippen LogP contribution in [0.1, 0.15) is 38.3 Å². The Hall–Kier alpha value is -3.19. The summed E-state index contributed by atoms with van der Waals surface area (Å²) in [5, 5.41) is 9.94. The predicted molar refractivity (Wildman–Crippen MR) is 112 cm³/mol. The number of benzene rings is 2. The Bertz CT molecular complexity index is 957. The van der Waals surface area contributed by atoms with E-state index in [-0.39, 0.29) is 17.0 Å². The first-order valence-electron chi connectivity index (χ1n) is 9.27. The SMILES string of the molecule is CCC(C)OC(=O)C(N=C(c1ccccc1)c1cc(Cl)ccc1OC(C)=O)C(=O)O. The van der Waals surface area contributed by atoms with Crippen molar-refractivity contribution in [3.63, 3.8) is 0 Å². The lowest BCUT2D eigenvalue weighted by molar-refractivity contribution is -0.156. The molecule has 0 spiro atoms. The number of halogens is 1. The first-order chi connectivity index (χ1) is 14.2. The fraction of sp³-hybridized carbons (Fsp3) is 0.273. The molecule has 2 aromatic carbocycles. The van der Waals surface area contributed by atoms with Crippen LogP contribution in [0.5, 0.6) is 5.75 Å². The van der Waals surface area contributed by atoms with Gasteiger partial charge in [-0.3, -0.25) is 9.79 Å². The number of carbonyl (C=O) groups is 3. The van der Waals surface area contributed by atoms with Crippen molar-refractivity contribution in [1.29, 1.82) is 0 Å². The molecule has 2 aromatic rings. The van der Waals surface area contributed by atoms with Gasteiger partial charge in [-0.2, -0.15) is 0 Å². The minimum absolute atomic E-state index is 0.128. The van der Waals surface area contributed by atoms with E-state index in [0.717, 1.165) is 0 Å². The zero-order valence-corrected chi connectivity index (χ0v) is 17.6. The van der Waals surface area contributed by atoms with E-state index in [1.807, 2.05) is 6.92 Å². The van der Waals surface area contributed by atoms with Crippen molar-refractivity contribution in [3.05, 3.63) is 64.7 Å². The summed E-state index contributed by atoms with van der Waals surface area (Å²) in [7, 11) is 0. The molecule has 0 aliphatic heterocycles. The summed E-state index contributed by atoms with van der Waals surface area (Å²) < 4.78 is 10.4. The van der Waals surface area contributed by atoms with Crippen molar-refractivity contribution in [1.82, 2.24) is 0 Å². The van der Waals surface area contributed by atoms with Crippen molar-refractivity contribution in [2.24, 2.45) is 4.99 Å². The summed E-state index contributed by atoms with van der Waals surface area (Å²) in [6.07, 6.45) is 0.0654. The van der Waals surface area contributed by atoms with Gasteiger partial charge >= 0.3 is 17.9 Å². The van der Waals surface area contributed by atoms with E-state index in [4.69, 9.17) is 21.1 Å². The van der Waals surface area contributed by atoms with Gasteiger partial charge in [0.15, 0.2) is 0 Å². The molecule has 0 aromatic heterocycles. The molecular weight excluding hydrogens is 410 g/mol. The third kappa shape index (κ3) is 6.15. The molecule has 0 aliphatic rings. The predicted octanol–water partition coefficient (Wildman–Crippen LogP) is 3.90. The second-order valence-electron chi connectivity index (χ2n) is 6.47. The van der Waals surface area contributed by atoms with Crippen LogP contribution in [-0.2, 0) is 19.1 Å². The highest BCUT2D eigenvalue weighted by Crippen LogP contribution is 2.27. The molecule has 0 bridgehead atoms. The highest BCUT2D eigenvalue weighted by Gasteiger charge is 2.30. The fourth-order valence-electron chi connectivity index (χ4n) is 2.51. The smallest absolute Gasteiger partial charge is 0.342 e. The van der Waals surface area contributed by atoms with Gasteiger partial charge in [-0.15, -0.1) is 0 Å². The summed E-state index contributed by atoms with van der Waals surface area (Å²) in [6, 6.07) is 11.3. The van der Waals surface area contributed by atoms with Crippen molar-refractivity contribution in [2.45, 2.75) is 39.3 Å². The quantitative estimate of drug-likeness (QED) is 0.294. The van der Waals surface area contributed by atoms with Crippen LogP contribution in [0.25, 0.3) is 0 Å². The lowest BCUT2D eigenvalue weighted by atomic mass is 10.0. The molecule has 2 atom stereocenters. The third-order valence-electron chi connectivity index (χ3n) is 4.11. The van der Waals surface area contributed by atoms with Crippen LogP contribution in [-0.4, -0.2) is 40.9 Å². The summed E-state index contributed by atoms with van der Waals surface area (Å²) >= 11 is 6.13. The van der Waals surface area contributed by atoms with E-state index in [0.29, 0.717) is 17.0 Å². The Morgan fingerprint density at radius 1 is 1.13 bits per heavy atom. The number of carboxylic acids is 1. The molecule has 158 valence electrons. The molecule has 0 saturated heterocycles. The van der Waals surface area contributed by atoms with Gasteiger partial charge < -0.3 is 14.6 Å². The topological polar surface area (TPSA) is 102 Å². The van der Waals surface area contributed by atoms with Gasteiger partial charge in [0, 0.05) is 23.1 Å². The zero-order valence-electron chi connectivity index (χ0n) is 16.8. The Kier molecular flexibility index (Phi) is 8.12. The Balaban J connectivity index is 2.67. The number of rotatable bonds is 8. The highest BCUT2D eigenvalue weighted by molar-refractivity contribution is 6.31. The molecule has 0 aliphatic carbocycles. The molecule has 8 heteroatoms. The van der Waals surface area contributed by atoms with Crippen molar-refractivity contribution < 1.29 is 29.0 Å². The molecule has 0 radical (unpaired) electrons. The van der Waals surface area contributed by atoms with E-state index < -0.39 is 30.1 Å². The largest absolute Gasteiger partial charge is 0.479 e. The number of nitrogens with zero attached hydrogens (tertiary/aromatic N) is 1. The van der Waals surface area contributed by atoms with E-state index in [1.165, 1.54) is 25.1 Å². The summed E-state index contributed by atoms with van der Waals surface area (Å²) in [5.41, 5.74) is 0.908. The average Bonchev–Trinajstić information content (AvgIpc) is 2.70. The number of carboxylic acid groups (broad SMARTS) is 1. The van der Waals surface area contributed by atoms with Gasteiger partial charge in [-0.1, -0.05) is 48.9 Å². The maximum atomic E-state index is 12.5. The van der Waals surface area contributed by atoms with E-state index in [9.17, 15) is 19.5 Å². The first-order valence-corrected chi connectivity index (χ1v) is 9.65. The zero-order chi connectivity index (χ0) is 22.3. The molecule has 7 nitrogen and oxygen atoms in total. The number of esters is 2. The Morgan fingerprint density at radius 2 is 1.80 bits per heavy atom. The van der Waals surface area contributed by atoms with Crippen LogP contribution in [0.15, 0.2) is 53.5 Å². The molecule has 30 heavy (non-hydrogen) atoms. The lowest BCUT2D eigenvalue weighted by Gasteiger charge is -2.17. The van der Waals surface area contributed by atoms with Crippen LogP contribution < -0.4 is 4.74 Å². The van der Waals surface area contributed by atoms with E-state index in [1.54, 1.807) is 37.3 Å². The van der Waals surface area contributed by atoms with E-state index in [2.05, 4.69) is 4.99 Å². The van der Waals surface area contributed by atoms with Gasteiger partial charge in [0.05, 0.1) is 11.8 Å². The molecule has 2 unspecified atom stereocenters. The second-order valence-corrected chi connectivity index (χ2v) is 6.91. The number of hydrogen-bond acceptors (Lipinski definition) is 6. The van der Waals surface area contributed by atoms with Gasteiger partial charge in [-0.25, -0.2) is 9.59 Å². The van der Waals surface area contributed by atoms with Crippen LogP contribution in [0.2, 0.25) is 5.02 Å². The second kappa shape index (κ2) is 10.5. The van der Waals surface area contributed by atoms with Crippen molar-refractivity contribution in [2.75, 3.05) is 0 Å². The normalized spacial score (nSPS) is 13.3. The Morgan fingerprint density at radius 3 is 2.37 bits per heavy atom. The van der Waals surface area contributed by atoms with E-state index >= 15 is 0 Å². The number of hydrogen-bond donors (Lipinski definition) is 1. The molecular formula is C22H22ClNO6. The third-order valence-corrected chi connectivity index (χ3v) is 4.34. The minimum atomic E-state index is -1.81. The van der Waals surface area contributed by atoms with Crippen LogP contribution in [0.4, 0.5) is 0 Å². The van der Waals surface area contributed by atoms with Crippen LogP contribution in [0.3, 0.4) is 0 Å². The fourth-order valence-corrected chi connectivity index (χ4v) is 2.68. The molecule has 0 heterocycles. The number of aliphatic carboxylic acids is 1. The number of carbonyl (C=O) groups excluding carboxylic acids is 2. The average molecular weight is 432 g/mol. The molecule has 1 N–H and O–H groups in total. The maximum absolute atomic E-state index is 12.5. The molecule has 0 fully saturated rings. The first kappa shape index (κ1) is 23.1. The maximum Gasteiger partial charge on any atom is 0.342 e. The standard InChI is InChI=1S/C22H22ClNO6/c1-4-13(2)29-22(28)20(21(26)27)24-19(15-8-6-5-7-9-15)17-12-16(23)10-11-18(17)30-14(3)25/h5-13,20H,4H2,1-3H3,(H,26,27). The van der Waals surface area contributed by atoms with Gasteiger partial charge in [-0.05, 0) is 31.5 Å². The molecule has 0 saturated carbocycles. The van der Waals surface area contributed by atoms with Crippen molar-refractivity contribution >= 4 is 35.2 Å². The lowest BCUT2D eigenvalue weighted by Crippen LogP contribution is -2.33. The Labute approximate surface area is 179 Å². The highest BCUT2D eigenvalue weighted by atomic mass is 35.5. The summed E-state index contributed by atoms with van der Waals surface area (Å²) in [5.74, 6) is -2.89. The monoisotopic (exact) mass is 431 g/mol. The van der Waals surface area contributed by atoms with Gasteiger partial charge in [0.25, 0.3) is 0 Å². The summed E-state index contributed by atoms with van der Waals surface area (Å²) in [6.45, 7) is 4.71. The minimum Gasteiger partial charge on any atom is -0.479 e. The van der Waals surface area contributed by atoms with Crippen LogP contribution in [0, 0.1) is 0 Å².